The van der Waals surface area contributed by atoms with Crippen molar-refractivity contribution in [1.82, 2.24) is 25.1 Å². The summed E-state index contributed by atoms with van der Waals surface area (Å²) in [6.45, 7) is 3.93. The third-order valence-electron chi connectivity index (χ3n) is 12.9. The Bertz CT molecular complexity index is 2400. The number of oxazole rings is 1. The Balaban J connectivity index is 0.719. The largest absolute Gasteiger partial charge is 0.494 e. The third kappa shape index (κ3) is 7.47. The number of rotatable bonds is 11. The minimum Gasteiger partial charge on any atom is -0.494 e. The van der Waals surface area contributed by atoms with Gasteiger partial charge in [-0.1, -0.05) is 12.1 Å². The van der Waals surface area contributed by atoms with Crippen LogP contribution in [-0.4, -0.2) is 88.6 Å². The number of aromatic nitrogens is 2. The summed E-state index contributed by atoms with van der Waals surface area (Å²) in [5.41, 5.74) is 1.21. The highest BCUT2D eigenvalue weighted by molar-refractivity contribution is 6.25. The summed E-state index contributed by atoms with van der Waals surface area (Å²) < 4.78 is 51.1. The van der Waals surface area contributed by atoms with Crippen LogP contribution in [0.4, 0.5) is 24.5 Å². The van der Waals surface area contributed by atoms with Gasteiger partial charge in [0.25, 0.3) is 17.7 Å². The maximum atomic E-state index is 13.4. The zero-order valence-electron chi connectivity index (χ0n) is 32.9. The average Bonchev–Trinajstić information content (AvgIpc) is 3.73. The number of amides is 5. The second-order valence-electron chi connectivity index (χ2n) is 17.0. The molecule has 5 aliphatic rings. The second kappa shape index (κ2) is 15.3. The van der Waals surface area contributed by atoms with Crippen molar-refractivity contribution in [3.8, 4) is 5.75 Å². The van der Waals surface area contributed by atoms with Crippen LogP contribution in [0, 0.1) is 17.3 Å². The molecule has 3 N–H and O–H groups in total. The number of imide groups is 2. The number of nitrogens with zero attached hydrogens (tertiary/aromatic N) is 4. The first-order valence-electron chi connectivity index (χ1n) is 20.4. The molecule has 60 heavy (non-hydrogen) atoms. The molecule has 9 rings (SSSR count). The first-order chi connectivity index (χ1) is 28.8. The van der Waals surface area contributed by atoms with Crippen LogP contribution in [0.5, 0.6) is 5.75 Å². The Hall–Kier alpha value is -5.84. The number of methoxy groups -OCH3 is 1. The van der Waals surface area contributed by atoms with Crippen molar-refractivity contribution in [2.75, 3.05) is 43.9 Å². The maximum absolute atomic E-state index is 13.4. The van der Waals surface area contributed by atoms with Gasteiger partial charge in [-0.05, 0) is 92.9 Å². The van der Waals surface area contributed by atoms with E-state index in [0.717, 1.165) is 68.8 Å². The molecular formula is C43H44F3N7O7. The molecule has 314 valence electrons. The lowest BCUT2D eigenvalue weighted by Crippen LogP contribution is -2.63. The predicted molar refractivity (Wildman–Crippen MR) is 210 cm³/mol. The molecule has 2 saturated carbocycles. The maximum Gasteiger partial charge on any atom is 0.433 e. The molecule has 0 bridgehead atoms. The van der Waals surface area contributed by atoms with Crippen molar-refractivity contribution in [1.29, 1.82) is 0 Å². The van der Waals surface area contributed by atoms with Gasteiger partial charge < -0.3 is 24.7 Å². The van der Waals surface area contributed by atoms with Crippen LogP contribution in [0.3, 0.4) is 0 Å². The number of carbonyl (C=O) groups is 5. The molecule has 4 aromatic rings. The van der Waals surface area contributed by atoms with Crippen LogP contribution in [0.2, 0.25) is 0 Å². The molecule has 3 aliphatic heterocycles. The smallest absolute Gasteiger partial charge is 0.433 e. The second-order valence-corrected chi connectivity index (χ2v) is 17.0. The number of hydrogen-bond donors (Lipinski definition) is 3. The molecule has 14 nitrogen and oxygen atoms in total. The molecule has 1 unspecified atom stereocenters. The molecule has 5 heterocycles. The minimum absolute atomic E-state index is 0.0761. The van der Waals surface area contributed by atoms with Crippen molar-refractivity contribution in [3.05, 3.63) is 76.9 Å². The van der Waals surface area contributed by atoms with E-state index in [0.29, 0.717) is 52.2 Å². The standard InChI is InChI=1S/C43H44F3N7O7/c1-59-32-16-30-33(17-29(32)49-37(55)28-6-3-7-34(48-28)43(44,45)46)60-39(50-30)25-10-8-23(9-11-25)20-52-21-42(22-52)18-24(19-42)14-15-47-27-5-2-4-26-36(27)41(58)53(40(26)57)31-12-13-35(54)51-38(31)56/h2-7,16-17,23-25,31,47H,8-15,18-22H2,1H3,(H,49,55)(H,51,54,56). The zero-order valence-corrected chi connectivity index (χ0v) is 32.9. The summed E-state index contributed by atoms with van der Waals surface area (Å²) in [6, 6.07) is 10.5. The fourth-order valence-corrected chi connectivity index (χ4v) is 10.0. The van der Waals surface area contributed by atoms with Gasteiger partial charge in [-0.2, -0.15) is 13.2 Å². The van der Waals surface area contributed by atoms with Crippen molar-refractivity contribution >= 4 is 52.0 Å². The molecule has 1 atom stereocenters. The predicted octanol–water partition coefficient (Wildman–Crippen LogP) is 6.39. The molecule has 4 fully saturated rings. The van der Waals surface area contributed by atoms with Crippen molar-refractivity contribution in [2.24, 2.45) is 17.3 Å². The van der Waals surface area contributed by atoms with E-state index in [1.165, 1.54) is 26.0 Å². The molecule has 2 aromatic carbocycles. The highest BCUT2D eigenvalue weighted by atomic mass is 19.4. The summed E-state index contributed by atoms with van der Waals surface area (Å²) in [5, 5.41) is 8.22. The van der Waals surface area contributed by atoms with E-state index in [2.05, 4.69) is 25.8 Å². The summed E-state index contributed by atoms with van der Waals surface area (Å²) in [5.74, 6) is -0.630. The van der Waals surface area contributed by atoms with Gasteiger partial charge in [-0.3, -0.25) is 34.2 Å². The monoisotopic (exact) mass is 827 g/mol. The molecule has 2 aliphatic carbocycles. The number of carbonyl (C=O) groups excluding carboxylic acids is 5. The van der Waals surface area contributed by atoms with Crippen LogP contribution in [0.25, 0.3) is 11.1 Å². The van der Waals surface area contributed by atoms with Gasteiger partial charge in [0, 0.05) is 56.3 Å². The van der Waals surface area contributed by atoms with Crippen LogP contribution in [0.1, 0.15) is 106 Å². The van der Waals surface area contributed by atoms with Gasteiger partial charge in [0.2, 0.25) is 11.8 Å². The van der Waals surface area contributed by atoms with Gasteiger partial charge >= 0.3 is 6.18 Å². The Kier molecular flexibility index (Phi) is 10.1. The van der Waals surface area contributed by atoms with Gasteiger partial charge in [0.05, 0.1) is 23.9 Å². The molecule has 5 amide bonds. The number of nitrogens with one attached hydrogen (secondary N) is 3. The molecule has 17 heteroatoms. The van der Waals surface area contributed by atoms with Crippen LogP contribution < -0.4 is 20.7 Å². The molecule has 1 spiro atoms. The van der Waals surface area contributed by atoms with Crippen molar-refractivity contribution in [2.45, 2.75) is 75.9 Å². The molecule has 0 radical (unpaired) electrons. The van der Waals surface area contributed by atoms with E-state index in [1.807, 2.05) is 0 Å². The van der Waals surface area contributed by atoms with Crippen LogP contribution in [0.15, 0.2) is 52.9 Å². The Labute approximate surface area is 342 Å². The number of fused-ring (bicyclic) bond motifs is 2. The topological polar surface area (TPSA) is 176 Å². The Morgan fingerprint density at radius 1 is 0.950 bits per heavy atom. The first kappa shape index (κ1) is 39.6. The Morgan fingerprint density at radius 3 is 2.45 bits per heavy atom. The highest BCUT2D eigenvalue weighted by Crippen LogP contribution is 2.53. The van der Waals surface area contributed by atoms with E-state index in [4.69, 9.17) is 14.1 Å². The summed E-state index contributed by atoms with van der Waals surface area (Å²) in [4.78, 5) is 75.3. The number of hydrogen-bond acceptors (Lipinski definition) is 11. The summed E-state index contributed by atoms with van der Waals surface area (Å²) >= 11 is 0. The fourth-order valence-electron chi connectivity index (χ4n) is 10.0. The number of piperidine rings is 1. The number of ether oxygens (including phenoxy) is 1. The van der Waals surface area contributed by atoms with Gasteiger partial charge in [-0.15, -0.1) is 0 Å². The number of likely N-dealkylation sites (tertiary alicyclic amines) is 1. The lowest BCUT2D eigenvalue weighted by molar-refractivity contribution is -0.141. The van der Waals surface area contributed by atoms with Gasteiger partial charge in [-0.25, -0.2) is 9.97 Å². The number of anilines is 2. The normalized spacial score (nSPS) is 23.0. The summed E-state index contributed by atoms with van der Waals surface area (Å²) in [7, 11) is 1.43. The van der Waals surface area contributed by atoms with E-state index in [9.17, 15) is 37.1 Å². The van der Waals surface area contributed by atoms with Crippen molar-refractivity contribution < 1.29 is 46.3 Å². The minimum atomic E-state index is -4.68. The van der Waals surface area contributed by atoms with Gasteiger partial charge in [0.1, 0.15) is 28.7 Å². The van der Waals surface area contributed by atoms with Crippen LogP contribution >= 0.6 is 0 Å². The highest BCUT2D eigenvalue weighted by Gasteiger charge is 2.52. The Morgan fingerprint density at radius 2 is 1.72 bits per heavy atom. The molecular weight excluding hydrogens is 784 g/mol. The molecule has 2 aromatic heterocycles. The van der Waals surface area contributed by atoms with E-state index >= 15 is 0 Å². The van der Waals surface area contributed by atoms with E-state index in [1.54, 1.807) is 30.3 Å². The van der Waals surface area contributed by atoms with Gasteiger partial charge in [0.15, 0.2) is 11.5 Å². The van der Waals surface area contributed by atoms with E-state index < -0.39 is 47.4 Å². The molecule has 2 saturated heterocycles. The SMILES string of the molecule is COc1cc2nc(C3CCC(CN4CC5(CC(CCNc6cccc7c6C(=O)N(C6CCC(=O)NC6=O)C7=O)C5)C4)CC3)oc2cc1NC(=O)c1cccc(C(F)(F)F)n1. The number of pyridine rings is 1. The fraction of sp³-hybridized carbons (Fsp3) is 0.465. The lowest BCUT2D eigenvalue weighted by atomic mass is 9.57. The third-order valence-corrected chi connectivity index (χ3v) is 12.9. The first-order valence-corrected chi connectivity index (χ1v) is 20.4. The zero-order chi connectivity index (χ0) is 41.9. The summed E-state index contributed by atoms with van der Waals surface area (Å²) in [6.07, 6.45) is 2.78. The quantitative estimate of drug-likeness (QED) is 0.143. The number of alkyl halides is 3. The number of benzene rings is 2. The van der Waals surface area contributed by atoms with E-state index in [-0.39, 0.29) is 41.3 Å². The average molecular weight is 828 g/mol. The lowest BCUT2D eigenvalue weighted by Gasteiger charge is -2.60. The van der Waals surface area contributed by atoms with Crippen LogP contribution in [-0.2, 0) is 15.8 Å². The number of halogens is 3. The van der Waals surface area contributed by atoms with Crippen molar-refractivity contribution in [3.63, 3.8) is 0 Å².